The first-order valence-corrected chi connectivity index (χ1v) is 8.89. The largest absolute Gasteiger partial charge is 0.346 e. The summed E-state index contributed by atoms with van der Waals surface area (Å²) in [5.74, 6) is 0.693. The van der Waals surface area contributed by atoms with E-state index < -0.39 is 0 Å². The van der Waals surface area contributed by atoms with E-state index in [0.29, 0.717) is 12.8 Å². The number of nitrogens with one attached hydrogen (secondary N) is 1. The number of amides is 1. The normalized spacial score (nSPS) is 12.2. The molecule has 0 saturated heterocycles. The van der Waals surface area contributed by atoms with Crippen molar-refractivity contribution in [1.29, 1.82) is 0 Å². The molecule has 1 atom stereocenters. The molecule has 7 nitrogen and oxygen atoms in total. The highest BCUT2D eigenvalue weighted by Crippen LogP contribution is 2.13. The summed E-state index contributed by atoms with van der Waals surface area (Å²) in [5, 5.41) is 15.7. The van der Waals surface area contributed by atoms with Crippen LogP contribution in [0.3, 0.4) is 0 Å². The summed E-state index contributed by atoms with van der Waals surface area (Å²) in [6.45, 7) is 1.91. The highest BCUT2D eigenvalue weighted by atomic mass is 16.1. The Morgan fingerprint density at radius 1 is 1.11 bits per heavy atom. The average Bonchev–Trinajstić information content (AvgIpc) is 3.34. The van der Waals surface area contributed by atoms with Gasteiger partial charge in [0.05, 0.1) is 17.9 Å². The lowest BCUT2D eigenvalue weighted by Gasteiger charge is -2.12. The zero-order valence-corrected chi connectivity index (χ0v) is 15.0. The second kappa shape index (κ2) is 7.41. The maximum Gasteiger partial charge on any atom is 0.220 e. The van der Waals surface area contributed by atoms with Crippen molar-refractivity contribution in [3.63, 3.8) is 0 Å². The number of pyridine rings is 1. The molecular formula is C20H20N6O. The molecule has 7 heteroatoms. The first-order chi connectivity index (χ1) is 13.2. The van der Waals surface area contributed by atoms with Gasteiger partial charge in [-0.1, -0.05) is 24.3 Å². The maximum atomic E-state index is 12.3. The summed E-state index contributed by atoms with van der Waals surface area (Å²) in [4.78, 5) is 12.3. The molecule has 4 rings (SSSR count). The van der Waals surface area contributed by atoms with Gasteiger partial charge in [0.15, 0.2) is 11.5 Å². The van der Waals surface area contributed by atoms with Crippen molar-refractivity contribution in [1.82, 2.24) is 29.7 Å². The Labute approximate surface area is 156 Å². The van der Waals surface area contributed by atoms with E-state index in [1.165, 1.54) is 0 Å². The van der Waals surface area contributed by atoms with E-state index in [2.05, 4.69) is 20.6 Å². The number of carbonyl (C=O) groups is 1. The van der Waals surface area contributed by atoms with Crippen molar-refractivity contribution in [2.24, 2.45) is 0 Å². The van der Waals surface area contributed by atoms with Gasteiger partial charge in [0.25, 0.3) is 0 Å². The quantitative estimate of drug-likeness (QED) is 0.573. The number of hydrogen-bond donors (Lipinski definition) is 1. The van der Waals surface area contributed by atoms with Gasteiger partial charge in [-0.3, -0.25) is 9.20 Å². The van der Waals surface area contributed by atoms with Crippen LogP contribution in [-0.2, 0) is 11.2 Å². The summed E-state index contributed by atoms with van der Waals surface area (Å²) in [7, 11) is 0. The van der Waals surface area contributed by atoms with Crippen LogP contribution >= 0.6 is 0 Å². The first-order valence-electron chi connectivity index (χ1n) is 8.89. The number of nitrogens with zero attached hydrogens (tertiary/aromatic N) is 5. The van der Waals surface area contributed by atoms with Crippen LogP contribution in [0.4, 0.5) is 0 Å². The minimum atomic E-state index is -0.220. The van der Waals surface area contributed by atoms with E-state index >= 15 is 0 Å². The van der Waals surface area contributed by atoms with Crippen LogP contribution in [0.5, 0.6) is 0 Å². The van der Waals surface area contributed by atoms with E-state index in [4.69, 9.17) is 0 Å². The van der Waals surface area contributed by atoms with Gasteiger partial charge >= 0.3 is 0 Å². The Morgan fingerprint density at radius 3 is 2.78 bits per heavy atom. The van der Waals surface area contributed by atoms with Crippen LogP contribution in [-0.4, -0.2) is 30.3 Å². The first kappa shape index (κ1) is 17.0. The van der Waals surface area contributed by atoms with Gasteiger partial charge in [-0.2, -0.15) is 5.10 Å². The number of aromatic nitrogens is 5. The molecule has 136 valence electrons. The molecule has 3 aromatic heterocycles. The summed E-state index contributed by atoms with van der Waals surface area (Å²) >= 11 is 0. The lowest BCUT2D eigenvalue weighted by atomic mass is 10.2. The molecule has 1 aromatic carbocycles. The molecule has 0 aliphatic rings. The molecule has 1 unspecified atom stereocenters. The number of carbonyl (C=O) groups excluding carboxylic acids is 1. The maximum absolute atomic E-state index is 12.3. The third-order valence-electron chi connectivity index (χ3n) is 4.40. The second-order valence-corrected chi connectivity index (χ2v) is 6.40. The van der Waals surface area contributed by atoms with Gasteiger partial charge in [-0.15, -0.1) is 10.2 Å². The Kier molecular flexibility index (Phi) is 4.65. The Hall–Kier alpha value is -3.48. The minimum absolute atomic E-state index is 0.0253. The van der Waals surface area contributed by atoms with E-state index in [9.17, 15) is 4.79 Å². The SMILES string of the molecule is CC(NC(=O)CCc1cnn(-c2ccccc2)c1)c1nnc2ccccn12. The fourth-order valence-corrected chi connectivity index (χ4v) is 3.00. The van der Waals surface area contributed by atoms with E-state index in [1.54, 1.807) is 6.20 Å². The van der Waals surface area contributed by atoms with Gasteiger partial charge in [-0.25, -0.2) is 4.68 Å². The molecule has 0 aliphatic heterocycles. The third-order valence-corrected chi connectivity index (χ3v) is 4.40. The summed E-state index contributed by atoms with van der Waals surface area (Å²) < 4.78 is 3.70. The van der Waals surface area contributed by atoms with Crippen molar-refractivity contribution < 1.29 is 4.79 Å². The monoisotopic (exact) mass is 360 g/mol. The smallest absolute Gasteiger partial charge is 0.220 e. The molecule has 1 amide bonds. The van der Waals surface area contributed by atoms with Crippen molar-refractivity contribution in [2.45, 2.75) is 25.8 Å². The van der Waals surface area contributed by atoms with Crippen LogP contribution in [0, 0.1) is 0 Å². The predicted octanol–water partition coefficient (Wildman–Crippen LogP) is 2.73. The van der Waals surface area contributed by atoms with Crippen LogP contribution < -0.4 is 5.32 Å². The van der Waals surface area contributed by atoms with E-state index in [-0.39, 0.29) is 11.9 Å². The summed E-state index contributed by atoms with van der Waals surface area (Å²) in [6.07, 6.45) is 6.67. The number of hydrogen-bond acceptors (Lipinski definition) is 4. The Bertz CT molecular complexity index is 1050. The van der Waals surface area contributed by atoms with E-state index in [0.717, 1.165) is 22.7 Å². The lowest BCUT2D eigenvalue weighted by molar-refractivity contribution is -0.121. The number of fused-ring (bicyclic) bond motifs is 1. The number of rotatable bonds is 6. The van der Waals surface area contributed by atoms with Crippen molar-refractivity contribution in [3.8, 4) is 5.69 Å². The summed E-state index contributed by atoms with van der Waals surface area (Å²) in [5.41, 5.74) is 2.79. The molecule has 4 aromatic rings. The standard InChI is InChI=1S/C20H20N6O/c1-15(20-24-23-18-9-5-6-12-25(18)20)22-19(27)11-10-16-13-21-26(14-16)17-7-3-2-4-8-17/h2-9,12-15H,10-11H2,1H3,(H,22,27). The molecule has 0 saturated carbocycles. The van der Waals surface area contributed by atoms with Crippen LogP contribution in [0.2, 0.25) is 0 Å². The molecule has 0 spiro atoms. The van der Waals surface area contributed by atoms with E-state index in [1.807, 2.05) is 76.9 Å². The molecule has 0 radical (unpaired) electrons. The van der Waals surface area contributed by atoms with Crippen molar-refractivity contribution >= 4 is 11.6 Å². The lowest BCUT2D eigenvalue weighted by Crippen LogP contribution is -2.28. The topological polar surface area (TPSA) is 77.1 Å². The zero-order valence-electron chi connectivity index (χ0n) is 15.0. The van der Waals surface area contributed by atoms with Crippen molar-refractivity contribution in [2.75, 3.05) is 0 Å². The highest BCUT2D eigenvalue weighted by Gasteiger charge is 2.15. The molecule has 0 bridgehead atoms. The van der Waals surface area contributed by atoms with Crippen LogP contribution in [0.1, 0.15) is 30.8 Å². The number of aryl methyl sites for hydroxylation is 1. The average molecular weight is 360 g/mol. The zero-order chi connectivity index (χ0) is 18.6. The van der Waals surface area contributed by atoms with Gasteiger partial charge in [-0.05, 0) is 43.2 Å². The molecule has 27 heavy (non-hydrogen) atoms. The molecular weight excluding hydrogens is 340 g/mol. The van der Waals surface area contributed by atoms with Gasteiger partial charge in [0.2, 0.25) is 5.91 Å². The number of benzene rings is 1. The Balaban J connectivity index is 1.35. The fourth-order valence-electron chi connectivity index (χ4n) is 3.00. The molecule has 0 aliphatic carbocycles. The van der Waals surface area contributed by atoms with Gasteiger partial charge < -0.3 is 5.32 Å². The Morgan fingerprint density at radius 2 is 1.93 bits per heavy atom. The minimum Gasteiger partial charge on any atom is -0.346 e. The number of para-hydroxylation sites is 1. The van der Waals surface area contributed by atoms with Crippen LogP contribution in [0.15, 0.2) is 67.1 Å². The molecule has 0 fully saturated rings. The second-order valence-electron chi connectivity index (χ2n) is 6.40. The van der Waals surface area contributed by atoms with Crippen molar-refractivity contribution in [3.05, 3.63) is 78.5 Å². The van der Waals surface area contributed by atoms with Gasteiger partial charge in [0, 0.05) is 18.8 Å². The third kappa shape index (κ3) is 3.72. The predicted molar refractivity (Wildman–Crippen MR) is 101 cm³/mol. The molecule has 3 heterocycles. The van der Waals surface area contributed by atoms with Gasteiger partial charge in [0.1, 0.15) is 0 Å². The van der Waals surface area contributed by atoms with Crippen LogP contribution in [0.25, 0.3) is 11.3 Å². The fraction of sp³-hybridized carbons (Fsp3) is 0.200. The highest BCUT2D eigenvalue weighted by molar-refractivity contribution is 5.76. The molecule has 1 N–H and O–H groups in total. The summed E-state index contributed by atoms with van der Waals surface area (Å²) in [6, 6.07) is 15.4.